The monoisotopic (exact) mass is 466 g/mol. The summed E-state index contributed by atoms with van der Waals surface area (Å²) in [6.07, 6.45) is 1.19. The number of fused-ring (bicyclic) bond motifs is 1. The van der Waals surface area contributed by atoms with Gasteiger partial charge in [-0.2, -0.15) is 4.31 Å². The van der Waals surface area contributed by atoms with Gasteiger partial charge in [-0.1, -0.05) is 11.6 Å². The fourth-order valence-corrected chi connectivity index (χ4v) is 5.51. The van der Waals surface area contributed by atoms with Crippen LogP contribution in [-0.2, 0) is 14.8 Å². The van der Waals surface area contributed by atoms with E-state index in [1.807, 2.05) is 6.92 Å². The standard InChI is InChI=1S/C21H23ClN2O6S/c1-2-28-18-8-6-16(11-17(18)22)31(26,27)24-9-3-4-14(12-24)21(25)23-15-5-7-19-20(10-15)30-13-29-19/h5-8,10-11,14H,2-4,9,12-13H2,1H3,(H,23,25)/t14-/m1/s1. The number of amides is 1. The van der Waals surface area contributed by atoms with Gasteiger partial charge in [-0.05, 0) is 50.1 Å². The van der Waals surface area contributed by atoms with Crippen LogP contribution in [0.5, 0.6) is 17.2 Å². The van der Waals surface area contributed by atoms with Crippen LogP contribution in [0.15, 0.2) is 41.3 Å². The van der Waals surface area contributed by atoms with Gasteiger partial charge in [-0.25, -0.2) is 8.42 Å². The summed E-state index contributed by atoms with van der Waals surface area (Å²) in [5, 5.41) is 3.08. The maximum Gasteiger partial charge on any atom is 0.243 e. The van der Waals surface area contributed by atoms with Gasteiger partial charge in [-0.3, -0.25) is 4.79 Å². The van der Waals surface area contributed by atoms with E-state index >= 15 is 0 Å². The number of piperidine rings is 1. The molecule has 1 N–H and O–H groups in total. The van der Waals surface area contributed by atoms with Crippen LogP contribution in [0.3, 0.4) is 0 Å². The molecule has 0 unspecified atom stereocenters. The zero-order chi connectivity index (χ0) is 22.0. The molecular weight excluding hydrogens is 444 g/mol. The average Bonchev–Trinajstić information content (AvgIpc) is 3.23. The largest absolute Gasteiger partial charge is 0.492 e. The first kappa shape index (κ1) is 21.7. The van der Waals surface area contributed by atoms with Gasteiger partial charge in [-0.15, -0.1) is 0 Å². The third kappa shape index (κ3) is 4.58. The summed E-state index contributed by atoms with van der Waals surface area (Å²) in [5.41, 5.74) is 0.576. The number of anilines is 1. The normalized spacial score (nSPS) is 18.6. The van der Waals surface area contributed by atoms with Crippen LogP contribution in [0.2, 0.25) is 5.02 Å². The molecule has 0 radical (unpaired) electrons. The van der Waals surface area contributed by atoms with Gasteiger partial charge < -0.3 is 19.5 Å². The topological polar surface area (TPSA) is 94.2 Å². The Bertz CT molecular complexity index is 1090. The summed E-state index contributed by atoms with van der Waals surface area (Å²) in [4.78, 5) is 12.9. The van der Waals surface area contributed by atoms with Crippen LogP contribution in [0.25, 0.3) is 0 Å². The smallest absolute Gasteiger partial charge is 0.243 e. The molecule has 0 aromatic heterocycles. The van der Waals surface area contributed by atoms with Crippen molar-refractivity contribution in [3.8, 4) is 17.2 Å². The van der Waals surface area contributed by atoms with E-state index in [-0.39, 0.29) is 29.2 Å². The van der Waals surface area contributed by atoms with Gasteiger partial charge in [0.25, 0.3) is 0 Å². The Labute approximate surface area is 186 Å². The highest BCUT2D eigenvalue weighted by atomic mass is 35.5. The number of sulfonamides is 1. The first-order valence-electron chi connectivity index (χ1n) is 10.0. The second-order valence-electron chi connectivity index (χ2n) is 7.28. The second kappa shape index (κ2) is 8.94. The van der Waals surface area contributed by atoms with Gasteiger partial charge in [0.1, 0.15) is 5.75 Å². The third-order valence-corrected chi connectivity index (χ3v) is 7.39. The number of nitrogens with one attached hydrogen (secondary N) is 1. The van der Waals surface area contributed by atoms with Crippen molar-refractivity contribution >= 4 is 33.2 Å². The molecule has 31 heavy (non-hydrogen) atoms. The van der Waals surface area contributed by atoms with Crippen LogP contribution < -0.4 is 19.5 Å². The summed E-state index contributed by atoms with van der Waals surface area (Å²) in [6.45, 7) is 2.85. The lowest BCUT2D eigenvalue weighted by Gasteiger charge is -2.31. The summed E-state index contributed by atoms with van der Waals surface area (Å²) in [6, 6.07) is 9.56. The lowest BCUT2D eigenvalue weighted by Crippen LogP contribution is -2.43. The fourth-order valence-electron chi connectivity index (χ4n) is 3.66. The highest BCUT2D eigenvalue weighted by Gasteiger charge is 2.34. The predicted octanol–water partition coefficient (Wildman–Crippen LogP) is 3.51. The van der Waals surface area contributed by atoms with E-state index < -0.39 is 15.9 Å². The minimum atomic E-state index is -3.79. The van der Waals surface area contributed by atoms with E-state index in [0.29, 0.717) is 48.9 Å². The zero-order valence-corrected chi connectivity index (χ0v) is 18.5. The van der Waals surface area contributed by atoms with Crippen LogP contribution in [-0.4, -0.2) is 45.1 Å². The molecule has 166 valence electrons. The molecular formula is C21H23ClN2O6S. The average molecular weight is 467 g/mol. The number of ether oxygens (including phenoxy) is 3. The lowest BCUT2D eigenvalue weighted by molar-refractivity contribution is -0.120. The van der Waals surface area contributed by atoms with E-state index in [1.165, 1.54) is 16.4 Å². The van der Waals surface area contributed by atoms with Crippen molar-refractivity contribution in [1.82, 2.24) is 4.31 Å². The molecule has 2 aliphatic rings. The Morgan fingerprint density at radius 3 is 2.81 bits per heavy atom. The number of halogens is 1. The number of benzene rings is 2. The molecule has 0 aliphatic carbocycles. The van der Waals surface area contributed by atoms with E-state index in [9.17, 15) is 13.2 Å². The maximum absolute atomic E-state index is 13.1. The Kier molecular flexibility index (Phi) is 6.27. The number of hydrogen-bond acceptors (Lipinski definition) is 6. The first-order valence-corrected chi connectivity index (χ1v) is 11.8. The lowest BCUT2D eigenvalue weighted by atomic mass is 9.98. The predicted molar refractivity (Wildman–Crippen MR) is 115 cm³/mol. The van der Waals surface area contributed by atoms with Crippen LogP contribution in [0.4, 0.5) is 5.69 Å². The zero-order valence-electron chi connectivity index (χ0n) is 17.0. The van der Waals surface area contributed by atoms with Crippen LogP contribution in [0.1, 0.15) is 19.8 Å². The first-order chi connectivity index (χ1) is 14.9. The van der Waals surface area contributed by atoms with Crippen molar-refractivity contribution in [3.05, 3.63) is 41.4 Å². The quantitative estimate of drug-likeness (QED) is 0.700. The summed E-state index contributed by atoms with van der Waals surface area (Å²) < 4.78 is 43.6. The molecule has 1 saturated heterocycles. The Morgan fingerprint density at radius 1 is 1.23 bits per heavy atom. The summed E-state index contributed by atoms with van der Waals surface area (Å²) in [7, 11) is -3.79. The Balaban J connectivity index is 1.46. The van der Waals surface area contributed by atoms with E-state index in [0.717, 1.165) is 0 Å². The fraction of sp³-hybridized carbons (Fsp3) is 0.381. The van der Waals surface area contributed by atoms with Crippen molar-refractivity contribution in [2.45, 2.75) is 24.7 Å². The molecule has 2 aromatic carbocycles. The van der Waals surface area contributed by atoms with Crippen LogP contribution >= 0.6 is 11.6 Å². The van der Waals surface area contributed by atoms with Gasteiger partial charge >= 0.3 is 0 Å². The number of rotatable bonds is 6. The van der Waals surface area contributed by atoms with Gasteiger partial charge in [0.15, 0.2) is 11.5 Å². The minimum absolute atomic E-state index is 0.0813. The summed E-state index contributed by atoms with van der Waals surface area (Å²) in [5.74, 6) is 0.929. The van der Waals surface area contributed by atoms with E-state index in [1.54, 1.807) is 24.3 Å². The van der Waals surface area contributed by atoms with Crippen LogP contribution in [0, 0.1) is 5.92 Å². The minimum Gasteiger partial charge on any atom is -0.492 e. The molecule has 2 aliphatic heterocycles. The Morgan fingerprint density at radius 2 is 2.03 bits per heavy atom. The molecule has 0 spiro atoms. The molecule has 0 saturated carbocycles. The van der Waals surface area contributed by atoms with E-state index in [4.69, 9.17) is 25.8 Å². The van der Waals surface area contributed by atoms with Crippen molar-refractivity contribution in [3.63, 3.8) is 0 Å². The summed E-state index contributed by atoms with van der Waals surface area (Å²) >= 11 is 6.17. The SMILES string of the molecule is CCOc1ccc(S(=O)(=O)N2CCC[C@@H](C(=O)Nc3ccc4c(c3)OCO4)C2)cc1Cl. The Hall–Kier alpha value is -2.49. The van der Waals surface area contributed by atoms with Crippen molar-refractivity contribution in [1.29, 1.82) is 0 Å². The molecule has 10 heteroatoms. The molecule has 0 bridgehead atoms. The molecule has 1 fully saturated rings. The second-order valence-corrected chi connectivity index (χ2v) is 9.63. The number of carbonyl (C=O) groups excluding carboxylic acids is 1. The van der Waals surface area contributed by atoms with Gasteiger partial charge in [0, 0.05) is 24.8 Å². The maximum atomic E-state index is 13.1. The molecule has 4 rings (SSSR count). The molecule has 8 nitrogen and oxygen atoms in total. The molecule has 2 aromatic rings. The van der Waals surface area contributed by atoms with Gasteiger partial charge in [0.05, 0.1) is 22.4 Å². The molecule has 2 heterocycles. The number of carbonyl (C=O) groups is 1. The van der Waals surface area contributed by atoms with Gasteiger partial charge in [0.2, 0.25) is 22.7 Å². The van der Waals surface area contributed by atoms with Crippen molar-refractivity contribution in [2.75, 3.05) is 31.8 Å². The third-order valence-electron chi connectivity index (χ3n) is 5.24. The van der Waals surface area contributed by atoms with Crippen molar-refractivity contribution < 1.29 is 27.4 Å². The van der Waals surface area contributed by atoms with E-state index in [2.05, 4.69) is 5.32 Å². The highest BCUT2D eigenvalue weighted by Crippen LogP contribution is 2.35. The molecule has 1 atom stereocenters. The number of hydrogen-bond donors (Lipinski definition) is 1. The highest BCUT2D eigenvalue weighted by molar-refractivity contribution is 7.89. The molecule has 1 amide bonds. The van der Waals surface area contributed by atoms with Crippen molar-refractivity contribution in [2.24, 2.45) is 5.92 Å². The number of nitrogens with zero attached hydrogens (tertiary/aromatic N) is 1.